The Morgan fingerprint density at radius 3 is 2.34 bits per heavy atom. The lowest BCUT2D eigenvalue weighted by molar-refractivity contribution is 0.136. The van der Waals surface area contributed by atoms with Crippen molar-refractivity contribution in [2.75, 3.05) is 37.9 Å². The van der Waals surface area contributed by atoms with Gasteiger partial charge in [-0.05, 0) is 78.2 Å². The first-order valence-corrected chi connectivity index (χ1v) is 13.0. The Balaban J connectivity index is 1.82. The summed E-state index contributed by atoms with van der Waals surface area (Å²) in [5.41, 5.74) is 4.28. The normalized spacial score (nSPS) is 19.1. The molecule has 1 aromatic carbocycles. The van der Waals surface area contributed by atoms with E-state index in [9.17, 15) is 9.90 Å². The van der Waals surface area contributed by atoms with Crippen molar-refractivity contribution in [2.24, 2.45) is 7.05 Å². The Morgan fingerprint density at radius 2 is 1.77 bits per heavy atom. The molecular weight excluding hydrogens is 462 g/mol. The SMILES string of the molecule is CCN(c1cc(Cl)cc(C(O)NCc2c(C)n(C)c(NC)cc2=O)c1C)C1CCC(N(C)C)CC1. The van der Waals surface area contributed by atoms with Crippen LogP contribution in [0, 0.1) is 13.8 Å². The van der Waals surface area contributed by atoms with E-state index in [0.717, 1.165) is 47.7 Å². The summed E-state index contributed by atoms with van der Waals surface area (Å²) in [5, 5.41) is 17.9. The molecule has 1 aromatic heterocycles. The zero-order valence-electron chi connectivity index (χ0n) is 22.3. The maximum atomic E-state index is 12.7. The third-order valence-electron chi connectivity index (χ3n) is 7.76. The van der Waals surface area contributed by atoms with E-state index >= 15 is 0 Å². The molecule has 1 heterocycles. The minimum Gasteiger partial charge on any atom is -0.374 e. The lowest BCUT2D eigenvalue weighted by atomic mass is 9.88. The van der Waals surface area contributed by atoms with Gasteiger partial charge in [0.15, 0.2) is 5.43 Å². The smallest absolute Gasteiger partial charge is 0.188 e. The minimum atomic E-state index is -0.941. The molecule has 3 rings (SSSR count). The van der Waals surface area contributed by atoms with E-state index in [1.165, 1.54) is 12.8 Å². The van der Waals surface area contributed by atoms with Crippen LogP contribution in [0.15, 0.2) is 23.0 Å². The molecule has 35 heavy (non-hydrogen) atoms. The Kier molecular flexibility index (Phi) is 9.27. The van der Waals surface area contributed by atoms with Crippen LogP contribution in [0.2, 0.25) is 5.02 Å². The average Bonchev–Trinajstić information content (AvgIpc) is 2.83. The topological polar surface area (TPSA) is 72.8 Å². The minimum absolute atomic E-state index is 0.0568. The number of hydrogen-bond donors (Lipinski definition) is 3. The molecule has 1 aliphatic carbocycles. The second-order valence-electron chi connectivity index (χ2n) is 9.90. The molecule has 1 unspecified atom stereocenters. The van der Waals surface area contributed by atoms with Gasteiger partial charge in [0.1, 0.15) is 12.0 Å². The van der Waals surface area contributed by atoms with E-state index in [1.807, 2.05) is 37.6 Å². The van der Waals surface area contributed by atoms with E-state index < -0.39 is 6.23 Å². The first-order valence-electron chi connectivity index (χ1n) is 12.6. The number of halogens is 1. The van der Waals surface area contributed by atoms with Crippen molar-refractivity contribution in [3.05, 3.63) is 55.8 Å². The maximum Gasteiger partial charge on any atom is 0.188 e. The molecule has 1 fully saturated rings. The number of aromatic nitrogens is 1. The summed E-state index contributed by atoms with van der Waals surface area (Å²) < 4.78 is 1.94. The largest absolute Gasteiger partial charge is 0.374 e. The van der Waals surface area contributed by atoms with E-state index in [-0.39, 0.29) is 12.0 Å². The van der Waals surface area contributed by atoms with Gasteiger partial charge in [-0.1, -0.05) is 11.6 Å². The van der Waals surface area contributed by atoms with Crippen molar-refractivity contribution in [1.82, 2.24) is 14.8 Å². The number of hydrogen-bond acceptors (Lipinski definition) is 6. The van der Waals surface area contributed by atoms with Gasteiger partial charge in [-0.2, -0.15) is 0 Å². The summed E-state index contributed by atoms with van der Waals surface area (Å²) in [6.07, 6.45) is 3.72. The monoisotopic (exact) mass is 503 g/mol. The predicted octanol–water partition coefficient (Wildman–Crippen LogP) is 4.18. The molecule has 0 aliphatic heterocycles. The molecule has 0 bridgehead atoms. The molecule has 1 saturated carbocycles. The molecule has 0 amide bonds. The van der Waals surface area contributed by atoms with Crippen molar-refractivity contribution >= 4 is 23.1 Å². The van der Waals surface area contributed by atoms with Crippen molar-refractivity contribution < 1.29 is 5.11 Å². The van der Waals surface area contributed by atoms with Gasteiger partial charge >= 0.3 is 0 Å². The average molecular weight is 504 g/mol. The first-order chi connectivity index (χ1) is 16.6. The van der Waals surface area contributed by atoms with E-state index in [4.69, 9.17) is 11.6 Å². The second kappa shape index (κ2) is 11.8. The van der Waals surface area contributed by atoms with Crippen molar-refractivity contribution in [3.63, 3.8) is 0 Å². The van der Waals surface area contributed by atoms with Crippen molar-refractivity contribution in [2.45, 2.75) is 71.3 Å². The molecule has 0 radical (unpaired) electrons. The van der Waals surface area contributed by atoms with Gasteiger partial charge in [0.25, 0.3) is 0 Å². The molecule has 8 heteroatoms. The van der Waals surface area contributed by atoms with Crippen molar-refractivity contribution in [3.8, 4) is 0 Å². The molecule has 0 saturated heterocycles. The zero-order chi connectivity index (χ0) is 25.9. The lowest BCUT2D eigenvalue weighted by Crippen LogP contribution is -2.42. The number of anilines is 2. The van der Waals surface area contributed by atoms with Crippen LogP contribution in [0.25, 0.3) is 0 Å². The fourth-order valence-corrected chi connectivity index (χ4v) is 5.63. The highest BCUT2D eigenvalue weighted by atomic mass is 35.5. The van der Waals surface area contributed by atoms with Gasteiger partial charge in [-0.25, -0.2) is 0 Å². The van der Waals surface area contributed by atoms with Crippen LogP contribution >= 0.6 is 11.6 Å². The molecule has 1 aliphatic rings. The number of aliphatic hydroxyl groups excluding tert-OH is 1. The quantitative estimate of drug-likeness (QED) is 0.446. The number of nitrogens with one attached hydrogen (secondary N) is 2. The highest BCUT2D eigenvalue weighted by Gasteiger charge is 2.28. The van der Waals surface area contributed by atoms with Gasteiger partial charge in [-0.15, -0.1) is 0 Å². The Labute approximate surface area is 215 Å². The number of benzene rings is 1. The molecule has 2 aromatic rings. The molecule has 0 spiro atoms. The summed E-state index contributed by atoms with van der Waals surface area (Å²) in [6.45, 7) is 7.29. The second-order valence-corrected chi connectivity index (χ2v) is 10.3. The van der Waals surface area contributed by atoms with Crippen LogP contribution in [-0.2, 0) is 13.6 Å². The van der Waals surface area contributed by atoms with Gasteiger partial charge in [0, 0.05) is 72.9 Å². The first kappa shape index (κ1) is 27.5. The number of pyridine rings is 1. The van der Waals surface area contributed by atoms with Gasteiger partial charge in [0.05, 0.1) is 0 Å². The number of nitrogens with zero attached hydrogens (tertiary/aromatic N) is 3. The standard InChI is InChI=1S/C27H42ClN5O2/c1-8-33(21-11-9-20(10-12-21)31(5)6)24-14-19(28)13-22(17(24)2)27(35)30-16-23-18(3)32(7)26(29-4)15-25(23)34/h13-15,20-21,27,29-30,35H,8-12,16H2,1-7H3. The Hall–Kier alpha value is -2.06. The zero-order valence-corrected chi connectivity index (χ0v) is 23.0. The van der Waals surface area contributed by atoms with Crippen LogP contribution < -0.4 is 21.0 Å². The fraction of sp³-hybridized carbons (Fsp3) is 0.593. The maximum absolute atomic E-state index is 12.7. The fourth-order valence-electron chi connectivity index (χ4n) is 5.41. The molecule has 7 nitrogen and oxygen atoms in total. The van der Waals surface area contributed by atoms with Crippen LogP contribution in [0.5, 0.6) is 0 Å². The Bertz CT molecular complexity index is 1080. The van der Waals surface area contributed by atoms with E-state index in [2.05, 4.69) is 41.5 Å². The summed E-state index contributed by atoms with van der Waals surface area (Å²) in [5.74, 6) is 0.756. The van der Waals surface area contributed by atoms with Gasteiger partial charge < -0.3 is 24.8 Å². The van der Waals surface area contributed by atoms with E-state index in [1.54, 1.807) is 13.1 Å². The van der Waals surface area contributed by atoms with Crippen molar-refractivity contribution in [1.29, 1.82) is 0 Å². The summed E-state index contributed by atoms with van der Waals surface area (Å²) >= 11 is 6.56. The van der Waals surface area contributed by atoms with Crippen LogP contribution in [-0.4, -0.2) is 54.3 Å². The molecular formula is C27H42ClN5O2. The van der Waals surface area contributed by atoms with Crippen LogP contribution in [0.1, 0.15) is 61.2 Å². The summed E-state index contributed by atoms with van der Waals surface area (Å²) in [4.78, 5) is 17.4. The highest BCUT2D eigenvalue weighted by Crippen LogP contribution is 2.35. The number of aliphatic hydroxyl groups is 1. The Morgan fingerprint density at radius 1 is 1.14 bits per heavy atom. The third kappa shape index (κ3) is 6.02. The summed E-state index contributed by atoms with van der Waals surface area (Å²) in [6, 6.07) is 6.53. The van der Waals surface area contributed by atoms with E-state index in [0.29, 0.717) is 22.7 Å². The molecule has 1 atom stereocenters. The predicted molar refractivity (Wildman–Crippen MR) is 147 cm³/mol. The van der Waals surface area contributed by atoms with Gasteiger partial charge in [-0.3, -0.25) is 10.1 Å². The third-order valence-corrected chi connectivity index (χ3v) is 7.98. The van der Waals surface area contributed by atoms with Gasteiger partial charge in [0.2, 0.25) is 0 Å². The summed E-state index contributed by atoms with van der Waals surface area (Å²) in [7, 11) is 8.04. The van der Waals surface area contributed by atoms with Crippen LogP contribution in [0.3, 0.4) is 0 Å². The molecule has 194 valence electrons. The highest BCUT2D eigenvalue weighted by molar-refractivity contribution is 6.31. The lowest BCUT2D eigenvalue weighted by Gasteiger charge is -2.40. The van der Waals surface area contributed by atoms with Crippen LogP contribution in [0.4, 0.5) is 11.5 Å². The molecule has 3 N–H and O–H groups in total. The number of rotatable bonds is 9.